The molecule has 0 aliphatic heterocycles. The molecule has 122 valence electrons. The van der Waals surface area contributed by atoms with Gasteiger partial charge in [0.25, 0.3) is 0 Å². The number of aromatic nitrogens is 2. The van der Waals surface area contributed by atoms with E-state index >= 15 is 0 Å². The zero-order valence-corrected chi connectivity index (χ0v) is 13.6. The fraction of sp³-hybridized carbons (Fsp3) is 0.100. The number of aryl methyl sites for hydroxylation is 1. The molecule has 3 aromatic rings. The van der Waals surface area contributed by atoms with Crippen LogP contribution in [0.15, 0.2) is 65.9 Å². The van der Waals surface area contributed by atoms with Crippen LogP contribution < -0.4 is 5.73 Å². The Morgan fingerprint density at radius 2 is 2.00 bits per heavy atom. The third-order valence-corrected chi connectivity index (χ3v) is 3.71. The fourth-order valence-corrected chi connectivity index (χ4v) is 2.43. The number of rotatable bonds is 5. The first-order valence-corrected chi connectivity index (χ1v) is 7.94. The number of aliphatic imine (C=N–C) groups is 1. The molecule has 0 amide bonds. The summed E-state index contributed by atoms with van der Waals surface area (Å²) >= 11 is 0. The first-order chi connectivity index (χ1) is 12.3. The largest absolute Gasteiger partial charge is 0.404 e. The van der Waals surface area contributed by atoms with Gasteiger partial charge in [-0.05, 0) is 36.2 Å². The molecule has 0 saturated carbocycles. The summed E-state index contributed by atoms with van der Waals surface area (Å²) in [6, 6.07) is 17.6. The monoisotopic (exact) mass is 327 g/mol. The van der Waals surface area contributed by atoms with Crippen molar-refractivity contribution in [3.8, 4) is 6.07 Å². The molecule has 0 atom stereocenters. The normalized spacial score (nSPS) is 11.7. The van der Waals surface area contributed by atoms with E-state index in [1.807, 2.05) is 48.5 Å². The maximum Gasteiger partial charge on any atom is 0.0922 e. The van der Waals surface area contributed by atoms with Gasteiger partial charge in [-0.1, -0.05) is 24.3 Å². The minimum absolute atomic E-state index is 0.494. The number of hydrogen-bond donors (Lipinski definition) is 1. The van der Waals surface area contributed by atoms with Gasteiger partial charge in [-0.25, -0.2) is 4.98 Å². The summed E-state index contributed by atoms with van der Waals surface area (Å²) in [6.45, 7) is 0. The molecule has 0 saturated heterocycles. The van der Waals surface area contributed by atoms with Gasteiger partial charge in [0.2, 0.25) is 0 Å². The van der Waals surface area contributed by atoms with Crippen molar-refractivity contribution in [1.82, 2.24) is 9.97 Å². The first kappa shape index (κ1) is 16.3. The molecule has 0 radical (unpaired) electrons. The molecule has 3 rings (SSSR count). The highest BCUT2D eigenvalue weighted by molar-refractivity contribution is 6.09. The van der Waals surface area contributed by atoms with Gasteiger partial charge in [-0.3, -0.25) is 9.98 Å². The zero-order chi connectivity index (χ0) is 17.5. The zero-order valence-electron chi connectivity index (χ0n) is 13.6. The summed E-state index contributed by atoms with van der Waals surface area (Å²) in [5, 5.41) is 8.69. The topological polar surface area (TPSA) is 88.0 Å². The number of nitriles is 1. The fourth-order valence-electron chi connectivity index (χ4n) is 2.43. The number of para-hydroxylation sites is 2. The van der Waals surface area contributed by atoms with E-state index in [1.54, 1.807) is 12.4 Å². The third kappa shape index (κ3) is 4.06. The lowest BCUT2D eigenvalue weighted by Crippen LogP contribution is -1.96. The van der Waals surface area contributed by atoms with Crippen LogP contribution in [0.2, 0.25) is 0 Å². The summed E-state index contributed by atoms with van der Waals surface area (Å²) in [4.78, 5) is 13.5. The van der Waals surface area contributed by atoms with E-state index in [1.165, 1.54) is 6.20 Å². The minimum Gasteiger partial charge on any atom is -0.404 e. The van der Waals surface area contributed by atoms with Crippen molar-refractivity contribution in [3.63, 3.8) is 0 Å². The standard InChI is InChI=1S/C20H17N5/c21-10-4-6-15-5-3-7-17(11-15)23-13-16(12-22)20-14-24-18-8-1-2-9-19(18)25-20/h1-3,5,7-9,11-14H,4,6,22H2. The lowest BCUT2D eigenvalue weighted by atomic mass is 10.1. The molecule has 1 aromatic heterocycles. The van der Waals surface area contributed by atoms with E-state index in [0.717, 1.165) is 28.7 Å². The van der Waals surface area contributed by atoms with E-state index in [4.69, 9.17) is 11.0 Å². The summed E-state index contributed by atoms with van der Waals surface area (Å²) < 4.78 is 0. The molecular formula is C20H17N5. The summed E-state index contributed by atoms with van der Waals surface area (Å²) in [5.41, 5.74) is 10.7. The van der Waals surface area contributed by atoms with Crippen LogP contribution in [-0.2, 0) is 6.42 Å². The molecule has 25 heavy (non-hydrogen) atoms. The van der Waals surface area contributed by atoms with E-state index in [-0.39, 0.29) is 0 Å². The molecule has 0 bridgehead atoms. The van der Waals surface area contributed by atoms with Crippen molar-refractivity contribution in [2.45, 2.75) is 12.8 Å². The molecule has 5 nitrogen and oxygen atoms in total. The van der Waals surface area contributed by atoms with Gasteiger partial charge >= 0.3 is 0 Å². The predicted octanol–water partition coefficient (Wildman–Crippen LogP) is 3.79. The van der Waals surface area contributed by atoms with Crippen molar-refractivity contribution in [2.24, 2.45) is 10.7 Å². The second kappa shape index (κ2) is 7.84. The Balaban J connectivity index is 1.84. The van der Waals surface area contributed by atoms with Crippen LogP contribution in [-0.4, -0.2) is 16.2 Å². The van der Waals surface area contributed by atoms with Gasteiger partial charge in [0.1, 0.15) is 0 Å². The Morgan fingerprint density at radius 1 is 1.16 bits per heavy atom. The molecule has 0 spiro atoms. The lowest BCUT2D eigenvalue weighted by molar-refractivity contribution is 1.01. The van der Waals surface area contributed by atoms with Crippen LogP contribution in [0, 0.1) is 11.3 Å². The molecule has 0 fully saturated rings. The highest BCUT2D eigenvalue weighted by Gasteiger charge is 2.03. The van der Waals surface area contributed by atoms with Gasteiger partial charge in [0.05, 0.1) is 34.7 Å². The maximum atomic E-state index is 8.69. The molecule has 2 N–H and O–H groups in total. The Labute approximate surface area is 146 Å². The highest BCUT2D eigenvalue weighted by atomic mass is 14.8. The number of allylic oxidation sites excluding steroid dienone is 1. The predicted molar refractivity (Wildman–Crippen MR) is 100 cm³/mol. The van der Waals surface area contributed by atoms with Crippen LogP contribution in [0.25, 0.3) is 16.6 Å². The lowest BCUT2D eigenvalue weighted by Gasteiger charge is -2.03. The van der Waals surface area contributed by atoms with Gasteiger partial charge in [0.15, 0.2) is 0 Å². The second-order valence-electron chi connectivity index (χ2n) is 5.45. The van der Waals surface area contributed by atoms with E-state index in [9.17, 15) is 0 Å². The molecule has 2 aromatic carbocycles. The smallest absolute Gasteiger partial charge is 0.0922 e. The second-order valence-corrected chi connectivity index (χ2v) is 5.45. The molecule has 5 heteroatoms. The first-order valence-electron chi connectivity index (χ1n) is 7.94. The molecule has 0 aliphatic carbocycles. The van der Waals surface area contributed by atoms with Crippen molar-refractivity contribution in [1.29, 1.82) is 5.26 Å². The van der Waals surface area contributed by atoms with Crippen LogP contribution in [0.4, 0.5) is 5.69 Å². The number of fused-ring (bicyclic) bond motifs is 1. The summed E-state index contributed by atoms with van der Waals surface area (Å²) in [5.74, 6) is 0. The molecule has 0 unspecified atom stereocenters. The SMILES string of the molecule is N#CCCc1cccc(N=CC(=CN)c2cnc3ccccc3n2)c1. The molecular weight excluding hydrogens is 310 g/mol. The minimum atomic E-state index is 0.494. The van der Waals surface area contributed by atoms with E-state index in [0.29, 0.717) is 17.7 Å². The van der Waals surface area contributed by atoms with Crippen LogP contribution in [0.1, 0.15) is 17.7 Å². The Morgan fingerprint density at radius 3 is 2.80 bits per heavy atom. The highest BCUT2D eigenvalue weighted by Crippen LogP contribution is 2.18. The van der Waals surface area contributed by atoms with Crippen LogP contribution in [0.3, 0.4) is 0 Å². The molecule has 1 heterocycles. The Bertz CT molecular complexity index is 983. The van der Waals surface area contributed by atoms with Gasteiger partial charge < -0.3 is 5.73 Å². The van der Waals surface area contributed by atoms with Crippen LogP contribution >= 0.6 is 0 Å². The Hall–Kier alpha value is -3.52. The maximum absolute atomic E-state index is 8.69. The van der Waals surface area contributed by atoms with Gasteiger partial charge in [-0.15, -0.1) is 0 Å². The summed E-state index contributed by atoms with van der Waals surface area (Å²) in [7, 11) is 0. The van der Waals surface area contributed by atoms with Crippen molar-refractivity contribution in [2.75, 3.05) is 0 Å². The average Bonchev–Trinajstić information content (AvgIpc) is 2.67. The van der Waals surface area contributed by atoms with Crippen molar-refractivity contribution >= 4 is 28.5 Å². The van der Waals surface area contributed by atoms with Crippen LogP contribution in [0.5, 0.6) is 0 Å². The van der Waals surface area contributed by atoms with E-state index in [2.05, 4.69) is 21.0 Å². The van der Waals surface area contributed by atoms with Crippen molar-refractivity contribution < 1.29 is 0 Å². The Kier molecular flexibility index (Phi) is 5.13. The van der Waals surface area contributed by atoms with E-state index < -0.39 is 0 Å². The summed E-state index contributed by atoms with van der Waals surface area (Å²) in [6.07, 6.45) is 6.06. The van der Waals surface area contributed by atoms with Gasteiger partial charge in [0, 0.05) is 24.4 Å². The number of hydrogen-bond acceptors (Lipinski definition) is 5. The van der Waals surface area contributed by atoms with Crippen molar-refractivity contribution in [3.05, 3.63) is 72.2 Å². The average molecular weight is 327 g/mol. The number of benzene rings is 2. The number of nitrogens with two attached hydrogens (primary N) is 1. The molecule has 0 aliphatic rings. The van der Waals surface area contributed by atoms with Gasteiger partial charge in [-0.2, -0.15) is 5.26 Å². The third-order valence-electron chi connectivity index (χ3n) is 3.71. The quantitative estimate of drug-likeness (QED) is 0.722. The number of nitrogens with zero attached hydrogens (tertiary/aromatic N) is 4.